The Hall–Kier alpha value is -1.40. The van der Waals surface area contributed by atoms with Crippen LogP contribution in [0.5, 0.6) is 11.6 Å². The van der Waals surface area contributed by atoms with E-state index in [9.17, 15) is 8.78 Å². The highest BCUT2D eigenvalue weighted by Crippen LogP contribution is 2.33. The lowest BCUT2D eigenvalue weighted by Gasteiger charge is -2.10. The second-order valence-electron chi connectivity index (χ2n) is 3.53. The molecule has 1 N–H and O–H groups in total. The van der Waals surface area contributed by atoms with E-state index in [0.717, 1.165) is 0 Å². The van der Waals surface area contributed by atoms with Gasteiger partial charge in [-0.2, -0.15) is 4.98 Å². The van der Waals surface area contributed by atoms with Crippen LogP contribution in [0.15, 0.2) is 28.7 Å². The highest BCUT2D eigenvalue weighted by atomic mass is 79.9. The van der Waals surface area contributed by atoms with Crippen molar-refractivity contribution in [2.24, 2.45) is 0 Å². The lowest BCUT2D eigenvalue weighted by Crippen LogP contribution is -2.01. The van der Waals surface area contributed by atoms with E-state index in [1.165, 1.54) is 7.05 Å². The largest absolute Gasteiger partial charge is 0.435 e. The van der Waals surface area contributed by atoms with Crippen molar-refractivity contribution in [1.29, 1.82) is 0 Å². The Morgan fingerprint density at radius 1 is 1.26 bits per heavy atom. The van der Waals surface area contributed by atoms with E-state index < -0.39 is 11.6 Å². The number of rotatable bonds is 3. The van der Waals surface area contributed by atoms with Gasteiger partial charge in [0.25, 0.3) is 5.88 Å². The summed E-state index contributed by atoms with van der Waals surface area (Å²) in [6, 6.07) is 5.44. The van der Waals surface area contributed by atoms with E-state index in [1.807, 2.05) is 0 Å². The minimum atomic E-state index is -0.890. The average Bonchev–Trinajstić information content (AvgIpc) is 2.35. The third-order valence-corrected chi connectivity index (χ3v) is 3.09. The van der Waals surface area contributed by atoms with Crippen LogP contribution >= 0.6 is 27.5 Å². The van der Waals surface area contributed by atoms with Crippen molar-refractivity contribution < 1.29 is 13.5 Å². The van der Waals surface area contributed by atoms with E-state index in [-0.39, 0.29) is 11.7 Å². The number of aromatic nitrogens is 1. The molecule has 0 saturated carbocycles. The molecule has 1 heterocycles. The third kappa shape index (κ3) is 3.13. The molecular formula is C12H8BrClF2N2O. The van der Waals surface area contributed by atoms with Gasteiger partial charge in [0.15, 0.2) is 17.5 Å². The summed E-state index contributed by atoms with van der Waals surface area (Å²) in [5.41, 5.74) is 0. The number of anilines is 1. The molecule has 0 amide bonds. The molecular weight excluding hydrogens is 341 g/mol. The zero-order chi connectivity index (χ0) is 14.0. The molecule has 0 atom stereocenters. The van der Waals surface area contributed by atoms with Crippen LogP contribution in [0.4, 0.5) is 14.6 Å². The fourth-order valence-electron chi connectivity index (χ4n) is 1.36. The Labute approximate surface area is 121 Å². The predicted octanol–water partition coefficient (Wildman–Crippen LogP) is 4.61. The smallest absolute Gasteiger partial charge is 0.258 e. The van der Waals surface area contributed by atoms with Gasteiger partial charge in [-0.25, -0.2) is 8.78 Å². The highest BCUT2D eigenvalue weighted by Gasteiger charge is 2.14. The molecule has 0 saturated heterocycles. The zero-order valence-corrected chi connectivity index (χ0v) is 12.0. The van der Waals surface area contributed by atoms with Crippen LogP contribution in [0.25, 0.3) is 0 Å². The van der Waals surface area contributed by atoms with Crippen LogP contribution in [0.2, 0.25) is 5.02 Å². The van der Waals surface area contributed by atoms with Crippen molar-refractivity contribution >= 4 is 33.3 Å². The Morgan fingerprint density at radius 2 is 2.00 bits per heavy atom. The maximum atomic E-state index is 13.6. The molecule has 100 valence electrons. The van der Waals surface area contributed by atoms with E-state index in [0.29, 0.717) is 21.3 Å². The number of halogens is 4. The standard InChI is InChI=1S/C12H8BrClF2N2O/c1-17-11-8(15)5-9(16)12(18-11)19-10-3-2-6(14)4-7(10)13/h2-5H,1H3,(H,17,18). The van der Waals surface area contributed by atoms with Gasteiger partial charge in [-0.15, -0.1) is 0 Å². The summed E-state index contributed by atoms with van der Waals surface area (Å²) in [5.74, 6) is -1.78. The Morgan fingerprint density at radius 3 is 2.63 bits per heavy atom. The monoisotopic (exact) mass is 348 g/mol. The van der Waals surface area contributed by atoms with Crippen LogP contribution in [-0.2, 0) is 0 Å². The van der Waals surface area contributed by atoms with E-state index >= 15 is 0 Å². The Kier molecular flexibility index (Phi) is 4.21. The molecule has 0 bridgehead atoms. The van der Waals surface area contributed by atoms with Gasteiger partial charge in [-0.3, -0.25) is 0 Å². The van der Waals surface area contributed by atoms with Crippen LogP contribution in [0.1, 0.15) is 0 Å². The normalized spacial score (nSPS) is 10.4. The van der Waals surface area contributed by atoms with Crippen LogP contribution in [0.3, 0.4) is 0 Å². The summed E-state index contributed by atoms with van der Waals surface area (Å²) in [5, 5.41) is 3.01. The molecule has 0 spiro atoms. The Balaban J connectivity index is 2.37. The number of hydrogen-bond acceptors (Lipinski definition) is 3. The van der Waals surface area contributed by atoms with E-state index in [4.69, 9.17) is 16.3 Å². The molecule has 2 aromatic rings. The fourth-order valence-corrected chi connectivity index (χ4v) is 2.12. The van der Waals surface area contributed by atoms with Crippen molar-refractivity contribution in [3.05, 3.63) is 45.4 Å². The predicted molar refractivity (Wildman–Crippen MR) is 72.9 cm³/mol. The molecule has 0 aliphatic carbocycles. The number of ether oxygens (including phenoxy) is 1. The molecule has 1 aromatic carbocycles. The third-order valence-electron chi connectivity index (χ3n) is 2.23. The first-order valence-electron chi connectivity index (χ1n) is 5.18. The molecule has 0 aliphatic rings. The number of nitrogens with zero attached hydrogens (tertiary/aromatic N) is 1. The number of nitrogens with one attached hydrogen (secondary N) is 1. The summed E-state index contributed by atoms with van der Waals surface area (Å²) in [4.78, 5) is 3.71. The van der Waals surface area contributed by atoms with E-state index in [2.05, 4.69) is 26.2 Å². The molecule has 0 unspecified atom stereocenters. The summed E-state index contributed by atoms with van der Waals surface area (Å²) >= 11 is 9.01. The minimum absolute atomic E-state index is 0.0958. The van der Waals surface area contributed by atoms with Crippen LogP contribution in [0, 0.1) is 11.6 Å². The number of hydrogen-bond donors (Lipinski definition) is 1. The van der Waals surface area contributed by atoms with Crippen molar-refractivity contribution in [3.63, 3.8) is 0 Å². The van der Waals surface area contributed by atoms with Crippen molar-refractivity contribution in [2.45, 2.75) is 0 Å². The van der Waals surface area contributed by atoms with Gasteiger partial charge < -0.3 is 10.1 Å². The van der Waals surface area contributed by atoms with Gasteiger partial charge in [0.05, 0.1) is 4.47 Å². The second kappa shape index (κ2) is 5.71. The minimum Gasteiger partial charge on any atom is -0.435 e. The number of benzene rings is 1. The SMILES string of the molecule is CNc1nc(Oc2ccc(Cl)cc2Br)c(F)cc1F. The van der Waals surface area contributed by atoms with Gasteiger partial charge in [-0.1, -0.05) is 11.6 Å². The van der Waals surface area contributed by atoms with E-state index in [1.54, 1.807) is 18.2 Å². The van der Waals surface area contributed by atoms with Crippen molar-refractivity contribution in [1.82, 2.24) is 4.98 Å². The van der Waals surface area contributed by atoms with Crippen LogP contribution < -0.4 is 10.1 Å². The summed E-state index contributed by atoms with van der Waals surface area (Å²) in [6.07, 6.45) is 0. The molecule has 0 radical (unpaired) electrons. The second-order valence-corrected chi connectivity index (χ2v) is 4.82. The van der Waals surface area contributed by atoms with Gasteiger partial charge in [0.1, 0.15) is 5.75 Å². The molecule has 0 fully saturated rings. The lowest BCUT2D eigenvalue weighted by molar-refractivity contribution is 0.416. The fraction of sp³-hybridized carbons (Fsp3) is 0.0833. The van der Waals surface area contributed by atoms with Gasteiger partial charge in [0, 0.05) is 18.1 Å². The first-order valence-corrected chi connectivity index (χ1v) is 6.35. The first kappa shape index (κ1) is 14.0. The molecule has 1 aromatic heterocycles. The quantitative estimate of drug-likeness (QED) is 0.878. The van der Waals surface area contributed by atoms with Gasteiger partial charge >= 0.3 is 0 Å². The zero-order valence-electron chi connectivity index (χ0n) is 9.68. The number of pyridine rings is 1. The van der Waals surface area contributed by atoms with Crippen molar-refractivity contribution in [2.75, 3.05) is 12.4 Å². The average molecular weight is 350 g/mol. The maximum absolute atomic E-state index is 13.6. The first-order chi connectivity index (χ1) is 9.01. The summed E-state index contributed by atoms with van der Waals surface area (Å²) in [6.45, 7) is 0. The van der Waals surface area contributed by atoms with Crippen molar-refractivity contribution in [3.8, 4) is 11.6 Å². The summed E-state index contributed by atoms with van der Waals surface area (Å²) in [7, 11) is 1.48. The molecule has 7 heteroatoms. The molecule has 19 heavy (non-hydrogen) atoms. The lowest BCUT2D eigenvalue weighted by atomic mass is 10.3. The molecule has 0 aliphatic heterocycles. The topological polar surface area (TPSA) is 34.2 Å². The highest BCUT2D eigenvalue weighted by molar-refractivity contribution is 9.10. The Bertz CT molecular complexity index is 625. The molecule has 2 rings (SSSR count). The molecule has 3 nitrogen and oxygen atoms in total. The van der Waals surface area contributed by atoms with Gasteiger partial charge in [0.2, 0.25) is 0 Å². The summed E-state index contributed by atoms with van der Waals surface area (Å²) < 4.78 is 32.7. The maximum Gasteiger partial charge on any atom is 0.258 e. The van der Waals surface area contributed by atoms with Gasteiger partial charge in [-0.05, 0) is 34.1 Å². The van der Waals surface area contributed by atoms with Crippen LogP contribution in [-0.4, -0.2) is 12.0 Å².